The number of nitrogens with two attached hydrogens (primary N) is 1. The summed E-state index contributed by atoms with van der Waals surface area (Å²) in [7, 11) is 0. The van der Waals surface area contributed by atoms with Gasteiger partial charge in [-0.3, -0.25) is 9.59 Å². The van der Waals surface area contributed by atoms with Gasteiger partial charge in [0.15, 0.2) is 11.5 Å². The number of carbonyl (C=O) groups excluding carboxylic acids is 2. The predicted octanol–water partition coefficient (Wildman–Crippen LogP) is 4.60. The van der Waals surface area contributed by atoms with Crippen molar-refractivity contribution >= 4 is 40.6 Å². The molecule has 0 spiro atoms. The van der Waals surface area contributed by atoms with E-state index in [0.29, 0.717) is 0 Å². The maximum absolute atomic E-state index is 12.9. The van der Waals surface area contributed by atoms with E-state index in [0.717, 1.165) is 0 Å². The fraction of sp³-hybridized carbons (Fsp3) is 0.250. The fourth-order valence-corrected chi connectivity index (χ4v) is 2.66. The Morgan fingerprint density at radius 1 is 1.14 bits per heavy atom. The molecule has 0 heterocycles. The summed E-state index contributed by atoms with van der Waals surface area (Å²) in [5.74, 6) is -1.49. The third-order valence-corrected chi connectivity index (χ3v) is 4.17. The zero-order chi connectivity index (χ0) is 21.2. The Morgan fingerprint density at radius 2 is 1.71 bits per heavy atom. The van der Waals surface area contributed by atoms with Crippen molar-refractivity contribution in [3.63, 3.8) is 0 Å². The highest BCUT2D eigenvalue weighted by Gasteiger charge is 2.31. The number of halogens is 1. The van der Waals surface area contributed by atoms with Gasteiger partial charge >= 0.3 is 5.97 Å². The van der Waals surface area contributed by atoms with Crippen LogP contribution in [0.4, 0.5) is 11.4 Å². The minimum Gasteiger partial charge on any atom is -0.478 e. The quantitative estimate of drug-likeness (QED) is 0.495. The number of hydrogen-bond acceptors (Lipinski definition) is 5. The molecule has 1 amide bonds. The summed E-state index contributed by atoms with van der Waals surface area (Å²) in [6.07, 6.45) is 0. The van der Waals surface area contributed by atoms with E-state index in [1.165, 1.54) is 37.3 Å². The molecule has 0 saturated heterocycles. The zero-order valence-electron chi connectivity index (χ0n) is 15.9. The van der Waals surface area contributed by atoms with Crippen molar-refractivity contribution in [3.8, 4) is 11.5 Å². The van der Waals surface area contributed by atoms with Crippen LogP contribution in [0.15, 0.2) is 30.3 Å². The third-order valence-electron chi connectivity index (χ3n) is 3.79. The third kappa shape index (κ3) is 4.61. The molecular weight excluding hydrogens is 384 g/mol. The molecule has 0 aromatic heterocycles. The van der Waals surface area contributed by atoms with E-state index in [1.54, 1.807) is 20.8 Å². The molecule has 0 unspecified atom stereocenters. The van der Waals surface area contributed by atoms with Crippen LogP contribution in [0, 0.1) is 5.41 Å². The normalized spacial score (nSPS) is 11.0. The van der Waals surface area contributed by atoms with Crippen molar-refractivity contribution in [2.75, 3.05) is 11.1 Å². The van der Waals surface area contributed by atoms with Crippen LogP contribution in [0.1, 0.15) is 48.4 Å². The summed E-state index contributed by atoms with van der Waals surface area (Å²) >= 11 is 6.41. The van der Waals surface area contributed by atoms with Crippen LogP contribution in [0.2, 0.25) is 5.02 Å². The summed E-state index contributed by atoms with van der Waals surface area (Å²) in [6.45, 7) is 6.51. The molecule has 2 aromatic rings. The number of hydrogen-bond donors (Lipinski definition) is 3. The number of nitrogen functional groups attached to an aromatic ring is 1. The molecule has 4 N–H and O–H groups in total. The fourth-order valence-electron chi connectivity index (χ4n) is 2.42. The maximum atomic E-state index is 12.9. The molecule has 0 radical (unpaired) electrons. The Labute approximate surface area is 167 Å². The van der Waals surface area contributed by atoms with Crippen LogP contribution in [0.3, 0.4) is 0 Å². The number of nitrogens with one attached hydrogen (secondary N) is 1. The summed E-state index contributed by atoms with van der Waals surface area (Å²) in [5, 5.41) is 11.6. The molecule has 148 valence electrons. The lowest BCUT2D eigenvalue weighted by molar-refractivity contribution is -0.114. The van der Waals surface area contributed by atoms with Gasteiger partial charge in [-0.15, -0.1) is 0 Å². The monoisotopic (exact) mass is 404 g/mol. The Bertz CT molecular complexity index is 947. The Hall–Kier alpha value is -3.06. The maximum Gasteiger partial charge on any atom is 0.335 e. The number of ether oxygens (including phenoxy) is 1. The number of aromatic carboxylic acids is 1. The van der Waals surface area contributed by atoms with Gasteiger partial charge in [-0.25, -0.2) is 4.79 Å². The number of carbonyl (C=O) groups is 3. The molecule has 0 atom stereocenters. The molecule has 0 aliphatic rings. The summed E-state index contributed by atoms with van der Waals surface area (Å²) in [4.78, 5) is 35.4. The zero-order valence-corrected chi connectivity index (χ0v) is 16.7. The van der Waals surface area contributed by atoms with Crippen molar-refractivity contribution in [2.24, 2.45) is 5.41 Å². The number of amides is 1. The number of carboxylic acid groups (broad SMARTS) is 1. The number of benzene rings is 2. The van der Waals surface area contributed by atoms with Crippen LogP contribution in [0.25, 0.3) is 0 Å². The molecule has 0 saturated carbocycles. The second kappa shape index (κ2) is 7.90. The molecular formula is C20H21ClN2O5. The van der Waals surface area contributed by atoms with Gasteiger partial charge in [0.1, 0.15) is 10.8 Å². The van der Waals surface area contributed by atoms with Gasteiger partial charge in [0.25, 0.3) is 0 Å². The summed E-state index contributed by atoms with van der Waals surface area (Å²) < 4.78 is 5.82. The van der Waals surface area contributed by atoms with E-state index in [2.05, 4.69) is 5.32 Å². The molecule has 7 nitrogen and oxygen atoms in total. The van der Waals surface area contributed by atoms with E-state index in [4.69, 9.17) is 27.2 Å². The molecule has 28 heavy (non-hydrogen) atoms. The van der Waals surface area contributed by atoms with Gasteiger partial charge < -0.3 is 20.9 Å². The highest BCUT2D eigenvalue weighted by atomic mass is 35.5. The largest absolute Gasteiger partial charge is 0.478 e. The van der Waals surface area contributed by atoms with Gasteiger partial charge in [0, 0.05) is 18.0 Å². The van der Waals surface area contributed by atoms with Crippen molar-refractivity contribution in [3.05, 3.63) is 46.5 Å². The van der Waals surface area contributed by atoms with Crippen LogP contribution < -0.4 is 15.8 Å². The van der Waals surface area contributed by atoms with Crippen molar-refractivity contribution in [1.29, 1.82) is 0 Å². The number of Topliss-reactive ketones (excluding diaryl/α,β-unsaturated/α-hetero) is 1. The number of anilines is 2. The first-order valence-electron chi connectivity index (χ1n) is 8.37. The second-order valence-corrected chi connectivity index (χ2v) is 7.60. The van der Waals surface area contributed by atoms with Crippen molar-refractivity contribution in [2.45, 2.75) is 27.7 Å². The average molecular weight is 405 g/mol. The van der Waals surface area contributed by atoms with E-state index in [1.807, 2.05) is 0 Å². The highest BCUT2D eigenvalue weighted by molar-refractivity contribution is 6.36. The van der Waals surface area contributed by atoms with Gasteiger partial charge in [-0.05, 0) is 30.3 Å². The minimum absolute atomic E-state index is 0.00610. The Morgan fingerprint density at radius 3 is 2.18 bits per heavy atom. The van der Waals surface area contributed by atoms with Gasteiger partial charge in [-0.2, -0.15) is 0 Å². The second-order valence-electron chi connectivity index (χ2n) is 7.22. The van der Waals surface area contributed by atoms with Gasteiger partial charge in [0.2, 0.25) is 5.91 Å². The van der Waals surface area contributed by atoms with Crippen LogP contribution in [-0.4, -0.2) is 22.8 Å². The lowest BCUT2D eigenvalue weighted by Crippen LogP contribution is -2.22. The van der Waals surface area contributed by atoms with Gasteiger partial charge in [-0.1, -0.05) is 32.4 Å². The topological polar surface area (TPSA) is 119 Å². The molecule has 0 aliphatic heterocycles. The summed E-state index contributed by atoms with van der Waals surface area (Å²) in [5.41, 5.74) is 5.80. The van der Waals surface area contributed by atoms with Crippen molar-refractivity contribution < 1.29 is 24.2 Å². The average Bonchev–Trinajstić information content (AvgIpc) is 2.58. The smallest absolute Gasteiger partial charge is 0.335 e. The first-order valence-corrected chi connectivity index (χ1v) is 8.75. The van der Waals surface area contributed by atoms with E-state index in [9.17, 15) is 14.4 Å². The van der Waals surface area contributed by atoms with Crippen LogP contribution >= 0.6 is 11.6 Å². The lowest BCUT2D eigenvalue weighted by Gasteiger charge is -2.22. The van der Waals surface area contributed by atoms with E-state index < -0.39 is 11.4 Å². The van der Waals surface area contributed by atoms with E-state index >= 15 is 0 Å². The number of ketones is 1. The minimum atomic E-state index is -1.08. The summed E-state index contributed by atoms with van der Waals surface area (Å²) in [6, 6.07) is 7.00. The van der Waals surface area contributed by atoms with Crippen LogP contribution in [0.5, 0.6) is 11.5 Å². The molecule has 0 bridgehead atoms. The van der Waals surface area contributed by atoms with Gasteiger partial charge in [0.05, 0.1) is 16.8 Å². The predicted molar refractivity (Wildman–Crippen MR) is 107 cm³/mol. The molecule has 0 fully saturated rings. The first-order chi connectivity index (χ1) is 12.9. The molecule has 8 heteroatoms. The van der Waals surface area contributed by atoms with E-state index in [-0.39, 0.29) is 50.7 Å². The Balaban J connectivity index is 2.63. The first kappa shape index (κ1) is 21.2. The molecule has 2 aromatic carbocycles. The highest BCUT2D eigenvalue weighted by Crippen LogP contribution is 2.44. The molecule has 2 rings (SSSR count). The van der Waals surface area contributed by atoms with Crippen molar-refractivity contribution in [1.82, 2.24) is 0 Å². The molecule has 0 aliphatic carbocycles. The Kier molecular flexibility index (Phi) is 5.99. The van der Waals surface area contributed by atoms with Crippen LogP contribution in [-0.2, 0) is 4.79 Å². The number of carboxylic acids is 1. The SMILES string of the molecule is CC(=O)Nc1cc(N)c(C(=O)C(C)(C)C)c(Oc2ccc(C(=O)O)cc2)c1Cl. The standard InChI is InChI=1S/C20H21ClN2O5/c1-10(24)23-14-9-13(22)15(18(25)20(2,3)4)17(16(14)21)28-12-7-5-11(6-8-12)19(26)27/h5-9H,22H2,1-4H3,(H,23,24)(H,26,27). The number of rotatable bonds is 5. The lowest BCUT2D eigenvalue weighted by atomic mass is 9.85.